The molecule has 1 aromatic carbocycles. The van der Waals surface area contributed by atoms with Gasteiger partial charge in [0, 0.05) is 11.7 Å². The molecule has 1 amide bonds. The summed E-state index contributed by atoms with van der Waals surface area (Å²) >= 11 is 0. The Morgan fingerprint density at radius 1 is 1.25 bits per heavy atom. The molecule has 1 saturated heterocycles. The number of amides is 1. The summed E-state index contributed by atoms with van der Waals surface area (Å²) in [4.78, 5) is 17.2. The lowest BCUT2D eigenvalue weighted by atomic mass is 9.97. The molecule has 0 aromatic heterocycles. The number of piperidine rings is 1. The maximum Gasteiger partial charge on any atom is 0.241 e. The van der Waals surface area contributed by atoms with Crippen LogP contribution in [-0.2, 0) is 11.2 Å². The first-order valence-corrected chi connectivity index (χ1v) is 9.02. The van der Waals surface area contributed by atoms with Gasteiger partial charge in [-0.3, -0.25) is 9.69 Å². The monoisotopic (exact) mass is 351 g/mol. The molecule has 1 unspecified atom stereocenters. The molecule has 4 nitrogen and oxygen atoms in total. The third-order valence-electron chi connectivity index (χ3n) is 5.22. The SMILES string of the molecule is CCNCC1CCN(CC(=O)N2c3ccccc3CC2C)CC1.Cl. The second-order valence-electron chi connectivity index (χ2n) is 6.97. The van der Waals surface area contributed by atoms with Gasteiger partial charge in [-0.05, 0) is 69.9 Å². The number of para-hydroxylation sites is 1. The minimum atomic E-state index is 0. The first kappa shape index (κ1) is 19.2. The molecule has 24 heavy (non-hydrogen) atoms. The molecule has 134 valence electrons. The van der Waals surface area contributed by atoms with E-state index in [1.807, 2.05) is 11.0 Å². The van der Waals surface area contributed by atoms with Crippen LogP contribution in [0.5, 0.6) is 0 Å². The zero-order valence-electron chi connectivity index (χ0n) is 14.8. The number of anilines is 1. The molecule has 5 heteroatoms. The van der Waals surface area contributed by atoms with Gasteiger partial charge in [-0.25, -0.2) is 0 Å². The first-order valence-electron chi connectivity index (χ1n) is 9.02. The van der Waals surface area contributed by atoms with Crippen LogP contribution >= 0.6 is 12.4 Å². The molecule has 2 heterocycles. The van der Waals surface area contributed by atoms with Gasteiger partial charge in [0.1, 0.15) is 0 Å². The van der Waals surface area contributed by atoms with Crippen molar-refractivity contribution in [1.29, 1.82) is 0 Å². The van der Waals surface area contributed by atoms with Crippen molar-refractivity contribution in [2.45, 2.75) is 39.2 Å². The van der Waals surface area contributed by atoms with Crippen LogP contribution in [0.25, 0.3) is 0 Å². The Kier molecular flexibility index (Phi) is 7.08. The summed E-state index contributed by atoms with van der Waals surface area (Å²) in [7, 11) is 0. The Labute approximate surface area is 152 Å². The molecule has 0 bridgehead atoms. The quantitative estimate of drug-likeness (QED) is 0.886. The summed E-state index contributed by atoms with van der Waals surface area (Å²) in [6.07, 6.45) is 3.38. The molecule has 0 radical (unpaired) electrons. The standard InChI is InChI=1S/C19H29N3O.ClH/c1-3-20-13-16-8-10-21(11-9-16)14-19(23)22-15(2)12-17-6-4-5-7-18(17)22;/h4-7,15-16,20H,3,8-14H2,1-2H3;1H. The van der Waals surface area contributed by atoms with Crippen LogP contribution in [0.4, 0.5) is 5.69 Å². The van der Waals surface area contributed by atoms with E-state index in [0.717, 1.165) is 44.2 Å². The van der Waals surface area contributed by atoms with Crippen LogP contribution in [-0.4, -0.2) is 49.6 Å². The zero-order chi connectivity index (χ0) is 16.2. The van der Waals surface area contributed by atoms with Crippen LogP contribution < -0.4 is 10.2 Å². The number of halogens is 1. The summed E-state index contributed by atoms with van der Waals surface area (Å²) < 4.78 is 0. The summed E-state index contributed by atoms with van der Waals surface area (Å²) in [5.74, 6) is 1.03. The molecule has 1 atom stereocenters. The molecular formula is C19H30ClN3O. The lowest BCUT2D eigenvalue weighted by molar-refractivity contribution is -0.120. The van der Waals surface area contributed by atoms with Gasteiger partial charge in [0.15, 0.2) is 0 Å². The van der Waals surface area contributed by atoms with E-state index in [1.165, 1.54) is 18.4 Å². The molecule has 1 N–H and O–H groups in total. The van der Waals surface area contributed by atoms with Crippen molar-refractivity contribution in [3.05, 3.63) is 29.8 Å². The molecule has 1 aromatic rings. The smallest absolute Gasteiger partial charge is 0.241 e. The molecule has 0 saturated carbocycles. The van der Waals surface area contributed by atoms with Crippen molar-refractivity contribution < 1.29 is 4.79 Å². The molecule has 0 aliphatic carbocycles. The van der Waals surface area contributed by atoms with Gasteiger partial charge >= 0.3 is 0 Å². The van der Waals surface area contributed by atoms with E-state index in [4.69, 9.17) is 0 Å². The summed E-state index contributed by atoms with van der Waals surface area (Å²) in [5.41, 5.74) is 2.42. The average Bonchev–Trinajstić information content (AvgIpc) is 2.90. The van der Waals surface area contributed by atoms with E-state index < -0.39 is 0 Å². The van der Waals surface area contributed by atoms with Gasteiger partial charge in [-0.2, -0.15) is 0 Å². The second kappa shape index (κ2) is 8.84. The molecule has 0 spiro atoms. The van der Waals surface area contributed by atoms with Gasteiger partial charge in [0.05, 0.1) is 6.54 Å². The maximum atomic E-state index is 12.8. The summed E-state index contributed by atoms with van der Waals surface area (Å²) in [6.45, 7) is 9.13. The van der Waals surface area contributed by atoms with E-state index in [-0.39, 0.29) is 24.4 Å². The van der Waals surface area contributed by atoms with Crippen molar-refractivity contribution in [1.82, 2.24) is 10.2 Å². The Morgan fingerprint density at radius 2 is 1.96 bits per heavy atom. The van der Waals surface area contributed by atoms with Crippen LogP contribution in [0.1, 0.15) is 32.3 Å². The lowest BCUT2D eigenvalue weighted by Crippen LogP contribution is -2.46. The van der Waals surface area contributed by atoms with E-state index >= 15 is 0 Å². The van der Waals surface area contributed by atoms with Gasteiger partial charge < -0.3 is 10.2 Å². The fourth-order valence-electron chi connectivity index (χ4n) is 3.91. The number of fused-ring (bicyclic) bond motifs is 1. The molecule has 2 aliphatic rings. The highest BCUT2D eigenvalue weighted by Crippen LogP contribution is 2.32. The average molecular weight is 352 g/mol. The number of carbonyl (C=O) groups is 1. The summed E-state index contributed by atoms with van der Waals surface area (Å²) in [5, 5.41) is 3.44. The Bertz CT molecular complexity index is 543. The van der Waals surface area contributed by atoms with E-state index in [1.54, 1.807) is 0 Å². The zero-order valence-corrected chi connectivity index (χ0v) is 15.6. The van der Waals surface area contributed by atoms with E-state index in [0.29, 0.717) is 6.54 Å². The fraction of sp³-hybridized carbons (Fsp3) is 0.632. The molecule has 1 fully saturated rings. The third-order valence-corrected chi connectivity index (χ3v) is 5.22. The molecular weight excluding hydrogens is 322 g/mol. The van der Waals surface area contributed by atoms with Gasteiger partial charge in [-0.15, -0.1) is 12.4 Å². The molecule has 2 aliphatic heterocycles. The number of likely N-dealkylation sites (tertiary alicyclic amines) is 1. The third kappa shape index (κ3) is 4.29. The van der Waals surface area contributed by atoms with Gasteiger partial charge in [0.2, 0.25) is 5.91 Å². The van der Waals surface area contributed by atoms with Crippen molar-refractivity contribution in [2.75, 3.05) is 37.6 Å². The van der Waals surface area contributed by atoms with Gasteiger partial charge in [0.25, 0.3) is 0 Å². The topological polar surface area (TPSA) is 35.6 Å². The van der Waals surface area contributed by atoms with Crippen LogP contribution in [0.2, 0.25) is 0 Å². The Morgan fingerprint density at radius 3 is 2.67 bits per heavy atom. The number of rotatable bonds is 5. The van der Waals surface area contributed by atoms with E-state index in [2.05, 4.69) is 42.3 Å². The van der Waals surface area contributed by atoms with Crippen molar-refractivity contribution in [2.24, 2.45) is 5.92 Å². The molecule has 3 rings (SSSR count). The minimum Gasteiger partial charge on any atom is -0.317 e. The van der Waals surface area contributed by atoms with E-state index in [9.17, 15) is 4.79 Å². The number of nitrogens with zero attached hydrogens (tertiary/aromatic N) is 2. The highest BCUT2D eigenvalue weighted by molar-refractivity contribution is 5.97. The number of benzene rings is 1. The number of carbonyl (C=O) groups excluding carboxylic acids is 1. The highest BCUT2D eigenvalue weighted by Gasteiger charge is 2.31. The number of hydrogen-bond acceptors (Lipinski definition) is 3. The van der Waals surface area contributed by atoms with Crippen LogP contribution in [0, 0.1) is 5.92 Å². The summed E-state index contributed by atoms with van der Waals surface area (Å²) in [6, 6.07) is 8.61. The maximum absolute atomic E-state index is 12.8. The largest absolute Gasteiger partial charge is 0.317 e. The number of nitrogens with one attached hydrogen (secondary N) is 1. The minimum absolute atomic E-state index is 0. The predicted octanol–water partition coefficient (Wildman–Crippen LogP) is 2.71. The first-order chi connectivity index (χ1) is 11.2. The van der Waals surface area contributed by atoms with Gasteiger partial charge in [-0.1, -0.05) is 25.1 Å². The van der Waals surface area contributed by atoms with Crippen molar-refractivity contribution >= 4 is 24.0 Å². The fourth-order valence-corrected chi connectivity index (χ4v) is 3.91. The Balaban J connectivity index is 0.00000208. The number of hydrogen-bond donors (Lipinski definition) is 1. The lowest BCUT2D eigenvalue weighted by Gasteiger charge is -2.33. The van der Waals surface area contributed by atoms with Crippen molar-refractivity contribution in [3.63, 3.8) is 0 Å². The normalized spacial score (nSPS) is 21.4. The van der Waals surface area contributed by atoms with Crippen molar-refractivity contribution in [3.8, 4) is 0 Å². The predicted molar refractivity (Wildman–Crippen MR) is 102 cm³/mol. The van der Waals surface area contributed by atoms with Crippen LogP contribution in [0.3, 0.4) is 0 Å². The van der Waals surface area contributed by atoms with Crippen LogP contribution in [0.15, 0.2) is 24.3 Å². The Hall–Kier alpha value is -1.10. The second-order valence-corrected chi connectivity index (χ2v) is 6.97. The highest BCUT2D eigenvalue weighted by atomic mass is 35.5.